The van der Waals surface area contributed by atoms with Crippen molar-refractivity contribution >= 4 is 5.69 Å². The van der Waals surface area contributed by atoms with Gasteiger partial charge in [-0.3, -0.25) is 0 Å². The molecule has 2 atom stereocenters. The molecule has 2 bridgehead atoms. The first-order valence-corrected chi connectivity index (χ1v) is 6.37. The van der Waals surface area contributed by atoms with Crippen molar-refractivity contribution in [2.75, 3.05) is 18.0 Å². The van der Waals surface area contributed by atoms with Gasteiger partial charge < -0.3 is 14.7 Å². The van der Waals surface area contributed by atoms with Gasteiger partial charge in [0.1, 0.15) is 0 Å². The number of fused-ring (bicyclic) bond motifs is 2. The van der Waals surface area contributed by atoms with Gasteiger partial charge >= 0.3 is 0 Å². The highest BCUT2D eigenvalue weighted by Gasteiger charge is 2.33. The van der Waals surface area contributed by atoms with Gasteiger partial charge in [0.2, 0.25) is 0 Å². The van der Waals surface area contributed by atoms with E-state index in [1.807, 2.05) is 6.07 Å². The molecule has 2 fully saturated rings. The van der Waals surface area contributed by atoms with E-state index in [1.54, 1.807) is 0 Å². The lowest BCUT2D eigenvalue weighted by Gasteiger charge is -2.34. The van der Waals surface area contributed by atoms with Crippen molar-refractivity contribution in [3.63, 3.8) is 0 Å². The molecule has 2 unspecified atom stereocenters. The van der Waals surface area contributed by atoms with E-state index in [9.17, 15) is 5.11 Å². The van der Waals surface area contributed by atoms with Gasteiger partial charge in [0, 0.05) is 18.8 Å². The Kier molecular flexibility index (Phi) is 2.81. The molecule has 1 aromatic carbocycles. The smallest absolute Gasteiger partial charge is 0.0755 e. The van der Waals surface area contributed by atoms with Gasteiger partial charge in [0.25, 0.3) is 0 Å². The quantitative estimate of drug-likeness (QED) is 0.846. The lowest BCUT2D eigenvalue weighted by Crippen LogP contribution is -2.42. The van der Waals surface area contributed by atoms with Crippen molar-refractivity contribution in [2.24, 2.45) is 0 Å². The molecule has 1 aromatic rings. The monoisotopic (exact) mass is 233 g/mol. The summed E-state index contributed by atoms with van der Waals surface area (Å²) >= 11 is 0. The van der Waals surface area contributed by atoms with E-state index in [4.69, 9.17) is 4.74 Å². The van der Waals surface area contributed by atoms with E-state index in [1.165, 1.54) is 24.1 Å². The Morgan fingerprint density at radius 1 is 1.29 bits per heavy atom. The predicted octanol–water partition coefficient (Wildman–Crippen LogP) is 1.85. The molecule has 1 N–H and O–H groups in total. The maximum absolute atomic E-state index is 9.18. The van der Waals surface area contributed by atoms with Gasteiger partial charge in [-0.2, -0.15) is 0 Å². The minimum atomic E-state index is 0.125. The predicted molar refractivity (Wildman–Crippen MR) is 67.2 cm³/mol. The highest BCUT2D eigenvalue weighted by molar-refractivity contribution is 5.51. The number of morpholine rings is 1. The van der Waals surface area contributed by atoms with Crippen LogP contribution in [0, 0.1) is 6.92 Å². The number of aliphatic hydroxyl groups excluding tert-OH is 1. The highest BCUT2D eigenvalue weighted by Crippen LogP contribution is 2.30. The summed E-state index contributed by atoms with van der Waals surface area (Å²) in [4.78, 5) is 2.42. The molecule has 0 radical (unpaired) electrons. The Hall–Kier alpha value is -1.06. The van der Waals surface area contributed by atoms with Crippen molar-refractivity contribution in [1.29, 1.82) is 0 Å². The van der Waals surface area contributed by atoms with Gasteiger partial charge in [0.05, 0.1) is 18.8 Å². The Morgan fingerprint density at radius 3 is 2.59 bits per heavy atom. The summed E-state index contributed by atoms with van der Waals surface area (Å²) in [6.07, 6.45) is 3.25. The Labute approximate surface area is 102 Å². The molecule has 0 saturated carbocycles. The molecule has 3 rings (SSSR count). The topological polar surface area (TPSA) is 32.7 Å². The van der Waals surface area contributed by atoms with Crippen molar-refractivity contribution < 1.29 is 9.84 Å². The van der Waals surface area contributed by atoms with Crippen LogP contribution in [0.4, 0.5) is 5.69 Å². The Balaban J connectivity index is 1.82. The number of nitrogens with zero attached hydrogens (tertiary/aromatic N) is 1. The van der Waals surface area contributed by atoms with Gasteiger partial charge in [-0.05, 0) is 43.0 Å². The minimum absolute atomic E-state index is 0.125. The highest BCUT2D eigenvalue weighted by atomic mass is 16.5. The van der Waals surface area contributed by atoms with Crippen LogP contribution in [0.15, 0.2) is 18.2 Å². The SMILES string of the molecule is Cc1cc(N2CC3CCC(C2)O3)ccc1CO. The second-order valence-electron chi connectivity index (χ2n) is 5.13. The third-order valence-corrected chi connectivity index (χ3v) is 3.91. The summed E-state index contributed by atoms with van der Waals surface area (Å²) in [5.41, 5.74) is 3.45. The summed E-state index contributed by atoms with van der Waals surface area (Å²) in [5.74, 6) is 0. The molecular weight excluding hydrogens is 214 g/mol. The average molecular weight is 233 g/mol. The zero-order chi connectivity index (χ0) is 11.8. The number of benzene rings is 1. The number of aliphatic hydroxyl groups is 1. The molecule has 2 saturated heterocycles. The Morgan fingerprint density at radius 2 is 2.00 bits per heavy atom. The normalized spacial score (nSPS) is 27.5. The minimum Gasteiger partial charge on any atom is -0.392 e. The van der Waals surface area contributed by atoms with Crippen LogP contribution < -0.4 is 4.90 Å². The number of aryl methyl sites for hydroxylation is 1. The maximum Gasteiger partial charge on any atom is 0.0755 e. The fourth-order valence-corrected chi connectivity index (χ4v) is 2.88. The van der Waals surface area contributed by atoms with Crippen LogP contribution in [0.5, 0.6) is 0 Å². The first kappa shape index (κ1) is 11.1. The largest absolute Gasteiger partial charge is 0.392 e. The van der Waals surface area contributed by atoms with Gasteiger partial charge in [-0.25, -0.2) is 0 Å². The van der Waals surface area contributed by atoms with Crippen LogP contribution in [0.25, 0.3) is 0 Å². The summed E-state index contributed by atoms with van der Waals surface area (Å²) in [6.45, 7) is 4.20. The summed E-state index contributed by atoms with van der Waals surface area (Å²) in [5, 5.41) is 9.18. The van der Waals surface area contributed by atoms with E-state index in [0.29, 0.717) is 12.2 Å². The van der Waals surface area contributed by atoms with Gasteiger partial charge in [-0.15, -0.1) is 0 Å². The molecule has 0 aliphatic carbocycles. The third-order valence-electron chi connectivity index (χ3n) is 3.91. The number of anilines is 1. The van der Waals surface area contributed by atoms with E-state index < -0.39 is 0 Å². The Bertz CT molecular complexity index is 407. The summed E-state index contributed by atoms with van der Waals surface area (Å²) < 4.78 is 5.84. The molecule has 2 aliphatic rings. The van der Waals surface area contributed by atoms with Crippen molar-refractivity contribution in [1.82, 2.24) is 0 Å². The van der Waals surface area contributed by atoms with E-state index >= 15 is 0 Å². The molecule has 0 amide bonds. The number of hydrogen-bond donors (Lipinski definition) is 1. The van der Waals surface area contributed by atoms with Crippen LogP contribution in [-0.4, -0.2) is 30.4 Å². The van der Waals surface area contributed by atoms with Crippen LogP contribution in [0.1, 0.15) is 24.0 Å². The molecule has 0 aromatic heterocycles. The zero-order valence-electron chi connectivity index (χ0n) is 10.2. The zero-order valence-corrected chi connectivity index (χ0v) is 10.2. The number of rotatable bonds is 2. The molecule has 0 spiro atoms. The fourth-order valence-electron chi connectivity index (χ4n) is 2.88. The fraction of sp³-hybridized carbons (Fsp3) is 0.571. The van der Waals surface area contributed by atoms with E-state index in [-0.39, 0.29) is 6.61 Å². The van der Waals surface area contributed by atoms with Crippen LogP contribution in [0.3, 0.4) is 0 Å². The first-order valence-electron chi connectivity index (χ1n) is 6.37. The number of ether oxygens (including phenoxy) is 1. The van der Waals surface area contributed by atoms with Gasteiger partial charge in [-0.1, -0.05) is 6.07 Å². The molecule has 2 aliphatic heterocycles. The van der Waals surface area contributed by atoms with Gasteiger partial charge in [0.15, 0.2) is 0 Å². The molecule has 3 heteroatoms. The molecule has 92 valence electrons. The third kappa shape index (κ3) is 2.05. The molecule has 2 heterocycles. The van der Waals surface area contributed by atoms with Crippen molar-refractivity contribution in [3.05, 3.63) is 29.3 Å². The second-order valence-corrected chi connectivity index (χ2v) is 5.13. The van der Waals surface area contributed by atoms with Crippen molar-refractivity contribution in [2.45, 2.75) is 38.6 Å². The second kappa shape index (κ2) is 4.31. The van der Waals surface area contributed by atoms with E-state index in [0.717, 1.165) is 18.7 Å². The number of hydrogen-bond acceptors (Lipinski definition) is 3. The maximum atomic E-state index is 9.18. The lowest BCUT2D eigenvalue weighted by molar-refractivity contribution is 0.0305. The molecule has 17 heavy (non-hydrogen) atoms. The van der Waals surface area contributed by atoms with Crippen molar-refractivity contribution in [3.8, 4) is 0 Å². The summed E-state index contributed by atoms with van der Waals surface area (Å²) in [7, 11) is 0. The average Bonchev–Trinajstić information content (AvgIpc) is 2.68. The van der Waals surface area contributed by atoms with Crippen LogP contribution in [-0.2, 0) is 11.3 Å². The molecular formula is C14H19NO2. The first-order chi connectivity index (χ1) is 8.26. The van der Waals surface area contributed by atoms with Crippen LogP contribution >= 0.6 is 0 Å². The standard InChI is InChI=1S/C14H19NO2/c1-10-6-12(3-2-11(10)9-16)15-7-13-4-5-14(8-15)17-13/h2-3,6,13-14,16H,4-5,7-9H2,1H3. The summed E-state index contributed by atoms with van der Waals surface area (Å²) in [6, 6.07) is 6.32. The van der Waals surface area contributed by atoms with E-state index in [2.05, 4.69) is 24.0 Å². The lowest BCUT2D eigenvalue weighted by atomic mass is 10.1. The molecule has 3 nitrogen and oxygen atoms in total. The van der Waals surface area contributed by atoms with Crippen LogP contribution in [0.2, 0.25) is 0 Å².